The van der Waals surface area contributed by atoms with Gasteiger partial charge in [-0.2, -0.15) is 13.2 Å². The first-order valence-electron chi connectivity index (χ1n) is 8.31. The third kappa shape index (κ3) is 3.54. The van der Waals surface area contributed by atoms with Crippen LogP contribution in [0.3, 0.4) is 0 Å². The average molecular weight is 401 g/mol. The summed E-state index contributed by atoms with van der Waals surface area (Å²) in [5.74, 6) is -2.69. The standard InChI is InChI=1S/C20H11F4N3O2/c21-13-7-3-1-5-11(13)19(28)27-16-10-25-14(9-26-16)17-12-6-2-4-8-15(12)29-18(17)20(22,23)24/h1-10H,(H,26,27,28). The maximum absolute atomic E-state index is 13.7. The summed E-state index contributed by atoms with van der Waals surface area (Å²) in [5.41, 5.74) is -0.453. The van der Waals surface area contributed by atoms with E-state index in [1.54, 1.807) is 12.1 Å². The van der Waals surface area contributed by atoms with Gasteiger partial charge in [-0.25, -0.2) is 9.37 Å². The molecular weight excluding hydrogens is 390 g/mol. The zero-order chi connectivity index (χ0) is 20.6. The summed E-state index contributed by atoms with van der Waals surface area (Å²) >= 11 is 0. The van der Waals surface area contributed by atoms with E-state index >= 15 is 0 Å². The number of hydrogen-bond acceptors (Lipinski definition) is 4. The number of aromatic nitrogens is 2. The Morgan fingerprint density at radius 3 is 2.38 bits per heavy atom. The number of para-hydroxylation sites is 1. The number of fused-ring (bicyclic) bond motifs is 1. The topological polar surface area (TPSA) is 68.0 Å². The number of furan rings is 1. The van der Waals surface area contributed by atoms with Gasteiger partial charge in [0.25, 0.3) is 5.91 Å². The second-order valence-electron chi connectivity index (χ2n) is 6.02. The van der Waals surface area contributed by atoms with Gasteiger partial charge in [-0.3, -0.25) is 9.78 Å². The van der Waals surface area contributed by atoms with E-state index in [0.717, 1.165) is 18.5 Å². The molecule has 2 aromatic heterocycles. The van der Waals surface area contributed by atoms with Crippen LogP contribution in [-0.2, 0) is 6.18 Å². The first-order valence-corrected chi connectivity index (χ1v) is 8.31. The third-order valence-electron chi connectivity index (χ3n) is 4.12. The van der Waals surface area contributed by atoms with Crippen LogP contribution in [0, 0.1) is 5.82 Å². The van der Waals surface area contributed by atoms with Gasteiger partial charge in [-0.15, -0.1) is 0 Å². The molecule has 2 aromatic carbocycles. The van der Waals surface area contributed by atoms with Crippen molar-refractivity contribution in [2.24, 2.45) is 0 Å². The fraction of sp³-hybridized carbons (Fsp3) is 0.0500. The van der Waals surface area contributed by atoms with Crippen molar-refractivity contribution >= 4 is 22.7 Å². The summed E-state index contributed by atoms with van der Waals surface area (Å²) in [6.07, 6.45) is -2.55. The molecule has 2 heterocycles. The largest absolute Gasteiger partial charge is 0.451 e. The summed E-state index contributed by atoms with van der Waals surface area (Å²) in [6.45, 7) is 0. The molecule has 4 aromatic rings. The molecule has 0 saturated heterocycles. The molecule has 0 aliphatic rings. The number of rotatable bonds is 3. The second kappa shape index (κ2) is 7.01. The van der Waals surface area contributed by atoms with Crippen LogP contribution in [0.4, 0.5) is 23.4 Å². The number of anilines is 1. The molecular formula is C20H11F4N3O2. The summed E-state index contributed by atoms with van der Waals surface area (Å²) < 4.78 is 58.9. The van der Waals surface area contributed by atoms with Gasteiger partial charge in [0.2, 0.25) is 5.76 Å². The van der Waals surface area contributed by atoms with Gasteiger partial charge in [0.1, 0.15) is 11.4 Å². The maximum atomic E-state index is 13.7. The zero-order valence-electron chi connectivity index (χ0n) is 14.5. The number of alkyl halides is 3. The fourth-order valence-corrected chi connectivity index (χ4v) is 2.85. The van der Waals surface area contributed by atoms with Crippen molar-refractivity contribution in [1.29, 1.82) is 0 Å². The highest BCUT2D eigenvalue weighted by molar-refractivity contribution is 6.04. The van der Waals surface area contributed by atoms with E-state index in [2.05, 4.69) is 15.3 Å². The van der Waals surface area contributed by atoms with Gasteiger partial charge < -0.3 is 9.73 Å². The lowest BCUT2D eigenvalue weighted by Crippen LogP contribution is -2.14. The number of carbonyl (C=O) groups excluding carboxylic acids is 1. The number of nitrogens with zero attached hydrogens (tertiary/aromatic N) is 2. The molecule has 1 amide bonds. The molecule has 0 unspecified atom stereocenters. The highest BCUT2D eigenvalue weighted by Crippen LogP contribution is 2.42. The van der Waals surface area contributed by atoms with E-state index in [0.29, 0.717) is 0 Å². The van der Waals surface area contributed by atoms with Crippen LogP contribution in [0.15, 0.2) is 65.3 Å². The highest BCUT2D eigenvalue weighted by atomic mass is 19.4. The van der Waals surface area contributed by atoms with E-state index in [4.69, 9.17) is 4.42 Å². The Morgan fingerprint density at radius 2 is 1.69 bits per heavy atom. The molecule has 4 rings (SSSR count). The molecule has 0 spiro atoms. The minimum absolute atomic E-state index is 0.0386. The minimum atomic E-state index is -4.73. The molecule has 29 heavy (non-hydrogen) atoms. The average Bonchev–Trinajstić information content (AvgIpc) is 3.09. The molecule has 0 aliphatic heterocycles. The quantitative estimate of drug-likeness (QED) is 0.473. The summed E-state index contributed by atoms with van der Waals surface area (Å²) in [4.78, 5) is 20.0. The van der Waals surface area contributed by atoms with Crippen LogP contribution in [-0.4, -0.2) is 15.9 Å². The highest BCUT2D eigenvalue weighted by Gasteiger charge is 2.40. The number of amides is 1. The Balaban J connectivity index is 1.69. The fourth-order valence-electron chi connectivity index (χ4n) is 2.85. The molecule has 0 saturated carbocycles. The van der Waals surface area contributed by atoms with Gasteiger partial charge in [-0.05, 0) is 18.2 Å². The molecule has 9 heteroatoms. The van der Waals surface area contributed by atoms with E-state index in [1.807, 2.05) is 0 Å². The first-order chi connectivity index (χ1) is 13.8. The lowest BCUT2D eigenvalue weighted by atomic mass is 10.1. The third-order valence-corrected chi connectivity index (χ3v) is 4.12. The van der Waals surface area contributed by atoms with Crippen molar-refractivity contribution in [3.05, 3.63) is 78.1 Å². The van der Waals surface area contributed by atoms with Crippen LogP contribution in [0.2, 0.25) is 0 Å². The van der Waals surface area contributed by atoms with Crippen molar-refractivity contribution in [2.45, 2.75) is 6.18 Å². The first kappa shape index (κ1) is 18.6. The van der Waals surface area contributed by atoms with Crippen molar-refractivity contribution in [3.8, 4) is 11.3 Å². The molecule has 5 nitrogen and oxygen atoms in total. The Morgan fingerprint density at radius 1 is 0.966 bits per heavy atom. The van der Waals surface area contributed by atoms with Crippen molar-refractivity contribution < 1.29 is 26.8 Å². The molecule has 0 atom stereocenters. The molecule has 1 N–H and O–H groups in total. The Kier molecular flexibility index (Phi) is 4.50. The SMILES string of the molecule is O=C(Nc1cnc(-c2c(C(F)(F)F)oc3ccccc23)cn1)c1ccccc1F. The number of hydrogen-bond donors (Lipinski definition) is 1. The normalized spacial score (nSPS) is 11.6. The number of halogens is 4. The Labute approximate surface area is 161 Å². The van der Waals surface area contributed by atoms with E-state index in [9.17, 15) is 22.4 Å². The van der Waals surface area contributed by atoms with E-state index < -0.39 is 23.7 Å². The number of benzene rings is 2. The van der Waals surface area contributed by atoms with Crippen LogP contribution in [0.25, 0.3) is 22.2 Å². The van der Waals surface area contributed by atoms with Crippen LogP contribution < -0.4 is 5.32 Å². The second-order valence-corrected chi connectivity index (χ2v) is 6.02. The van der Waals surface area contributed by atoms with Crippen LogP contribution in [0.1, 0.15) is 16.1 Å². The van der Waals surface area contributed by atoms with Gasteiger partial charge >= 0.3 is 6.18 Å². The van der Waals surface area contributed by atoms with Gasteiger partial charge in [-0.1, -0.05) is 30.3 Å². The molecule has 146 valence electrons. The molecule has 0 bridgehead atoms. The van der Waals surface area contributed by atoms with Crippen LogP contribution in [0.5, 0.6) is 0 Å². The smallest absolute Gasteiger partial charge is 0.450 e. The Hall–Kier alpha value is -3.75. The van der Waals surface area contributed by atoms with Crippen molar-refractivity contribution in [3.63, 3.8) is 0 Å². The predicted octanol–water partition coefficient (Wildman–Crippen LogP) is 5.30. The molecule has 0 radical (unpaired) electrons. The summed E-state index contributed by atoms with van der Waals surface area (Å²) in [7, 11) is 0. The minimum Gasteiger partial charge on any atom is -0.451 e. The Bertz CT molecular complexity index is 1200. The van der Waals surface area contributed by atoms with E-state index in [1.165, 1.54) is 30.3 Å². The van der Waals surface area contributed by atoms with Gasteiger partial charge in [0.15, 0.2) is 5.82 Å². The zero-order valence-corrected chi connectivity index (χ0v) is 14.5. The lowest BCUT2D eigenvalue weighted by Gasteiger charge is -2.08. The number of nitrogens with one attached hydrogen (secondary N) is 1. The van der Waals surface area contributed by atoms with Gasteiger partial charge in [0.05, 0.1) is 29.2 Å². The van der Waals surface area contributed by atoms with Crippen molar-refractivity contribution in [2.75, 3.05) is 5.32 Å². The lowest BCUT2D eigenvalue weighted by molar-refractivity contribution is -0.151. The van der Waals surface area contributed by atoms with Gasteiger partial charge in [0, 0.05) is 5.39 Å². The predicted molar refractivity (Wildman–Crippen MR) is 96.6 cm³/mol. The summed E-state index contributed by atoms with van der Waals surface area (Å²) in [6, 6.07) is 11.4. The summed E-state index contributed by atoms with van der Waals surface area (Å²) in [5, 5.41) is 2.59. The molecule has 0 fully saturated rings. The molecule has 0 aliphatic carbocycles. The van der Waals surface area contributed by atoms with Crippen molar-refractivity contribution in [1.82, 2.24) is 9.97 Å². The number of carbonyl (C=O) groups is 1. The van der Waals surface area contributed by atoms with Crippen LogP contribution >= 0.6 is 0 Å². The maximum Gasteiger partial charge on any atom is 0.450 e. The monoisotopic (exact) mass is 401 g/mol. The van der Waals surface area contributed by atoms with E-state index in [-0.39, 0.29) is 33.6 Å².